The summed E-state index contributed by atoms with van der Waals surface area (Å²) in [5, 5.41) is 8.53. The minimum Gasteiger partial charge on any atom is -0.354 e. The lowest BCUT2D eigenvalue weighted by Crippen LogP contribution is -2.36. The van der Waals surface area contributed by atoms with E-state index in [-0.39, 0.29) is 0 Å². The summed E-state index contributed by atoms with van der Waals surface area (Å²) >= 11 is 0. The van der Waals surface area contributed by atoms with Crippen molar-refractivity contribution in [3.8, 4) is 0 Å². The lowest BCUT2D eigenvalue weighted by molar-refractivity contribution is 0.373. The summed E-state index contributed by atoms with van der Waals surface area (Å²) in [5.74, 6) is 2.65. The fourth-order valence-corrected chi connectivity index (χ4v) is 3.13. The van der Waals surface area contributed by atoms with Crippen molar-refractivity contribution in [2.45, 2.75) is 32.2 Å². The molecule has 23 heavy (non-hydrogen) atoms. The number of hydrogen-bond donors (Lipinski definition) is 0. The molecule has 0 aliphatic carbocycles. The summed E-state index contributed by atoms with van der Waals surface area (Å²) < 4.78 is 2.30. The minimum absolute atomic E-state index is 0.462. The maximum absolute atomic E-state index is 4.64. The second kappa shape index (κ2) is 7.08. The highest BCUT2D eigenvalue weighted by atomic mass is 15.3. The van der Waals surface area contributed by atoms with Gasteiger partial charge < -0.3 is 14.4 Å². The zero-order valence-electron chi connectivity index (χ0n) is 14.3. The van der Waals surface area contributed by atoms with Gasteiger partial charge in [0, 0.05) is 44.5 Å². The van der Waals surface area contributed by atoms with Gasteiger partial charge in [-0.05, 0) is 46.0 Å². The Bertz CT molecular complexity index is 618. The molecule has 2 aromatic rings. The maximum atomic E-state index is 4.64. The number of rotatable bonds is 5. The van der Waals surface area contributed by atoms with Crippen molar-refractivity contribution in [2.75, 3.05) is 38.6 Å². The molecule has 6 heteroatoms. The molecule has 1 aliphatic rings. The van der Waals surface area contributed by atoms with E-state index >= 15 is 0 Å². The third-order valence-corrected chi connectivity index (χ3v) is 4.43. The van der Waals surface area contributed by atoms with Gasteiger partial charge in [-0.25, -0.2) is 4.98 Å². The van der Waals surface area contributed by atoms with Gasteiger partial charge >= 0.3 is 0 Å². The number of anilines is 1. The highest BCUT2D eigenvalue weighted by molar-refractivity contribution is 5.38. The SMILES string of the molecule is Cc1ccc(N2CCCC(c3nccn3CCN(C)C)C2)nn1. The summed E-state index contributed by atoms with van der Waals surface area (Å²) in [4.78, 5) is 9.19. The van der Waals surface area contributed by atoms with Gasteiger partial charge in [-0.3, -0.25) is 0 Å². The molecule has 6 nitrogen and oxygen atoms in total. The number of aryl methyl sites for hydroxylation is 1. The molecule has 3 rings (SSSR count). The van der Waals surface area contributed by atoms with E-state index in [0.717, 1.165) is 37.7 Å². The Morgan fingerprint density at radius 1 is 1.26 bits per heavy atom. The predicted molar refractivity (Wildman–Crippen MR) is 91.7 cm³/mol. The molecule has 0 spiro atoms. The van der Waals surface area contributed by atoms with Crippen LogP contribution >= 0.6 is 0 Å². The molecule has 0 bridgehead atoms. The van der Waals surface area contributed by atoms with E-state index < -0.39 is 0 Å². The quantitative estimate of drug-likeness (QED) is 0.844. The Labute approximate surface area is 138 Å². The summed E-state index contributed by atoms with van der Waals surface area (Å²) in [6.07, 6.45) is 6.38. The first kappa shape index (κ1) is 15.9. The first-order valence-corrected chi connectivity index (χ1v) is 8.34. The van der Waals surface area contributed by atoms with Crippen molar-refractivity contribution >= 4 is 5.82 Å². The number of hydrogen-bond acceptors (Lipinski definition) is 5. The molecule has 0 amide bonds. The standard InChI is InChI=1S/C17H26N6/c1-14-6-7-16(20-19-14)23-9-4-5-15(13-23)17-18-8-10-22(17)12-11-21(2)3/h6-8,10,15H,4-5,9,11-13H2,1-3H3. The zero-order valence-corrected chi connectivity index (χ0v) is 14.3. The normalized spacial score (nSPS) is 18.6. The van der Waals surface area contributed by atoms with Crippen LogP contribution in [-0.2, 0) is 6.54 Å². The van der Waals surface area contributed by atoms with E-state index in [1.807, 2.05) is 19.2 Å². The number of likely N-dealkylation sites (N-methyl/N-ethyl adjacent to an activating group) is 1. The first-order chi connectivity index (χ1) is 11.1. The van der Waals surface area contributed by atoms with E-state index in [0.29, 0.717) is 5.92 Å². The molecule has 1 aliphatic heterocycles. The predicted octanol–water partition coefficient (Wildman–Crippen LogP) is 1.93. The van der Waals surface area contributed by atoms with E-state index in [1.54, 1.807) is 0 Å². The van der Waals surface area contributed by atoms with Crippen LogP contribution in [0.1, 0.15) is 30.3 Å². The van der Waals surface area contributed by atoms with Crippen LogP contribution in [0.5, 0.6) is 0 Å². The van der Waals surface area contributed by atoms with Gasteiger partial charge in [-0.15, -0.1) is 5.10 Å². The van der Waals surface area contributed by atoms with Crippen molar-refractivity contribution in [3.63, 3.8) is 0 Å². The molecule has 2 aromatic heterocycles. The van der Waals surface area contributed by atoms with Crippen LogP contribution in [0.4, 0.5) is 5.82 Å². The molecule has 1 fully saturated rings. The van der Waals surface area contributed by atoms with Crippen molar-refractivity contribution in [3.05, 3.63) is 36.0 Å². The molecular weight excluding hydrogens is 288 g/mol. The topological polar surface area (TPSA) is 50.1 Å². The molecule has 124 valence electrons. The van der Waals surface area contributed by atoms with Crippen molar-refractivity contribution < 1.29 is 0 Å². The van der Waals surface area contributed by atoms with E-state index in [2.05, 4.69) is 55.9 Å². The number of nitrogens with zero attached hydrogens (tertiary/aromatic N) is 6. The summed E-state index contributed by atoms with van der Waals surface area (Å²) in [7, 11) is 4.21. The Hall–Kier alpha value is -1.95. The van der Waals surface area contributed by atoms with Gasteiger partial charge in [0.15, 0.2) is 5.82 Å². The van der Waals surface area contributed by atoms with Crippen LogP contribution in [0.3, 0.4) is 0 Å². The Morgan fingerprint density at radius 2 is 2.13 bits per heavy atom. The van der Waals surface area contributed by atoms with Gasteiger partial charge in [0.05, 0.1) is 5.69 Å². The van der Waals surface area contributed by atoms with Gasteiger partial charge in [-0.2, -0.15) is 5.10 Å². The van der Waals surface area contributed by atoms with Crippen LogP contribution in [0.25, 0.3) is 0 Å². The Balaban J connectivity index is 1.71. The maximum Gasteiger partial charge on any atom is 0.151 e. The molecule has 0 radical (unpaired) electrons. The van der Waals surface area contributed by atoms with Crippen LogP contribution in [0.2, 0.25) is 0 Å². The Kier molecular flexibility index (Phi) is 4.91. The van der Waals surface area contributed by atoms with E-state index in [4.69, 9.17) is 0 Å². The number of imidazole rings is 1. The molecule has 3 heterocycles. The van der Waals surface area contributed by atoms with Crippen LogP contribution in [0, 0.1) is 6.92 Å². The third-order valence-electron chi connectivity index (χ3n) is 4.43. The van der Waals surface area contributed by atoms with Gasteiger partial charge in [0.1, 0.15) is 5.82 Å². The lowest BCUT2D eigenvalue weighted by atomic mass is 9.97. The average molecular weight is 314 g/mol. The zero-order chi connectivity index (χ0) is 16.2. The molecule has 0 saturated carbocycles. The van der Waals surface area contributed by atoms with Gasteiger partial charge in [0.2, 0.25) is 0 Å². The van der Waals surface area contributed by atoms with Crippen molar-refractivity contribution in [1.82, 2.24) is 24.6 Å². The molecule has 1 saturated heterocycles. The molecular formula is C17H26N6. The van der Waals surface area contributed by atoms with Crippen LogP contribution in [0.15, 0.2) is 24.5 Å². The summed E-state index contributed by atoms with van der Waals surface area (Å²) in [6.45, 7) is 6.01. The fourth-order valence-electron chi connectivity index (χ4n) is 3.13. The van der Waals surface area contributed by atoms with Crippen molar-refractivity contribution in [2.24, 2.45) is 0 Å². The smallest absolute Gasteiger partial charge is 0.151 e. The Morgan fingerprint density at radius 3 is 2.87 bits per heavy atom. The second-order valence-corrected chi connectivity index (χ2v) is 6.60. The number of aromatic nitrogens is 4. The monoisotopic (exact) mass is 314 g/mol. The average Bonchev–Trinajstić information content (AvgIpc) is 3.02. The summed E-state index contributed by atoms with van der Waals surface area (Å²) in [6, 6.07) is 4.10. The van der Waals surface area contributed by atoms with Gasteiger partial charge in [0.25, 0.3) is 0 Å². The van der Waals surface area contributed by atoms with E-state index in [9.17, 15) is 0 Å². The highest BCUT2D eigenvalue weighted by Crippen LogP contribution is 2.28. The van der Waals surface area contributed by atoms with Crippen molar-refractivity contribution in [1.29, 1.82) is 0 Å². The third kappa shape index (κ3) is 3.88. The largest absolute Gasteiger partial charge is 0.354 e. The molecule has 0 aromatic carbocycles. The highest BCUT2D eigenvalue weighted by Gasteiger charge is 2.25. The first-order valence-electron chi connectivity index (χ1n) is 8.34. The number of piperidine rings is 1. The molecule has 0 N–H and O–H groups in total. The van der Waals surface area contributed by atoms with Gasteiger partial charge in [-0.1, -0.05) is 0 Å². The lowest BCUT2D eigenvalue weighted by Gasteiger charge is -2.33. The van der Waals surface area contributed by atoms with Crippen LogP contribution in [-0.4, -0.2) is 58.4 Å². The molecule has 1 atom stereocenters. The fraction of sp³-hybridized carbons (Fsp3) is 0.588. The minimum atomic E-state index is 0.462. The second-order valence-electron chi connectivity index (χ2n) is 6.60. The molecule has 1 unspecified atom stereocenters. The van der Waals surface area contributed by atoms with Crippen LogP contribution < -0.4 is 4.90 Å². The summed E-state index contributed by atoms with van der Waals surface area (Å²) in [5.41, 5.74) is 0.960. The van der Waals surface area contributed by atoms with E-state index in [1.165, 1.54) is 18.7 Å².